The van der Waals surface area contributed by atoms with E-state index in [2.05, 4.69) is 17.1 Å². The van der Waals surface area contributed by atoms with E-state index in [1.807, 2.05) is 0 Å². The third kappa shape index (κ3) is 2.96. The van der Waals surface area contributed by atoms with E-state index in [0.717, 1.165) is 11.8 Å². The highest BCUT2D eigenvalue weighted by Gasteiger charge is 2.26. The SMILES string of the molecule is CC1CC(CN2CCCNCCC2)C1. The van der Waals surface area contributed by atoms with E-state index in [-0.39, 0.29) is 0 Å². The summed E-state index contributed by atoms with van der Waals surface area (Å²) in [5, 5.41) is 3.47. The Balaban J connectivity index is 1.67. The van der Waals surface area contributed by atoms with Crippen molar-refractivity contribution in [3.05, 3.63) is 0 Å². The van der Waals surface area contributed by atoms with Gasteiger partial charge in [-0.3, -0.25) is 0 Å². The van der Waals surface area contributed by atoms with Crippen molar-refractivity contribution in [2.45, 2.75) is 32.6 Å². The molecule has 0 unspecified atom stereocenters. The Labute approximate surface area is 88.1 Å². The highest BCUT2D eigenvalue weighted by molar-refractivity contribution is 4.79. The van der Waals surface area contributed by atoms with Gasteiger partial charge in [0.25, 0.3) is 0 Å². The molecule has 0 spiro atoms. The quantitative estimate of drug-likeness (QED) is 0.723. The van der Waals surface area contributed by atoms with Crippen molar-refractivity contribution in [2.75, 3.05) is 32.7 Å². The minimum Gasteiger partial charge on any atom is -0.317 e. The van der Waals surface area contributed by atoms with Gasteiger partial charge in [0, 0.05) is 6.54 Å². The number of hydrogen-bond donors (Lipinski definition) is 1. The molecule has 2 aliphatic rings. The van der Waals surface area contributed by atoms with Gasteiger partial charge >= 0.3 is 0 Å². The molecule has 0 amide bonds. The second-order valence-corrected chi connectivity index (χ2v) is 5.20. The fraction of sp³-hybridized carbons (Fsp3) is 1.00. The second kappa shape index (κ2) is 5.13. The van der Waals surface area contributed by atoms with Crippen LogP contribution in [-0.2, 0) is 0 Å². The lowest BCUT2D eigenvalue weighted by molar-refractivity contribution is 0.129. The molecule has 1 saturated heterocycles. The van der Waals surface area contributed by atoms with Crippen molar-refractivity contribution >= 4 is 0 Å². The van der Waals surface area contributed by atoms with Crippen molar-refractivity contribution < 1.29 is 0 Å². The van der Waals surface area contributed by atoms with E-state index in [1.54, 1.807) is 0 Å². The zero-order valence-electron chi connectivity index (χ0n) is 9.47. The molecule has 1 N–H and O–H groups in total. The third-order valence-electron chi connectivity index (χ3n) is 3.64. The number of nitrogens with zero attached hydrogens (tertiary/aromatic N) is 1. The van der Waals surface area contributed by atoms with Crippen LogP contribution in [0.4, 0.5) is 0 Å². The van der Waals surface area contributed by atoms with Gasteiger partial charge in [0.15, 0.2) is 0 Å². The molecule has 1 aliphatic heterocycles. The van der Waals surface area contributed by atoms with Gasteiger partial charge in [-0.15, -0.1) is 0 Å². The van der Waals surface area contributed by atoms with Gasteiger partial charge in [-0.2, -0.15) is 0 Å². The zero-order chi connectivity index (χ0) is 9.80. The zero-order valence-corrected chi connectivity index (χ0v) is 9.47. The van der Waals surface area contributed by atoms with E-state index in [4.69, 9.17) is 0 Å². The molecule has 0 radical (unpaired) electrons. The van der Waals surface area contributed by atoms with Gasteiger partial charge in [0.05, 0.1) is 0 Å². The summed E-state index contributed by atoms with van der Waals surface area (Å²) in [5.74, 6) is 2.04. The van der Waals surface area contributed by atoms with Gasteiger partial charge < -0.3 is 10.2 Å². The first-order chi connectivity index (χ1) is 6.84. The monoisotopic (exact) mass is 196 g/mol. The molecule has 0 aromatic heterocycles. The van der Waals surface area contributed by atoms with Crippen LogP contribution in [0.2, 0.25) is 0 Å². The first-order valence-corrected chi connectivity index (χ1v) is 6.27. The van der Waals surface area contributed by atoms with Crippen LogP contribution in [-0.4, -0.2) is 37.6 Å². The molecule has 14 heavy (non-hydrogen) atoms. The van der Waals surface area contributed by atoms with Gasteiger partial charge in [-0.1, -0.05) is 6.92 Å². The summed E-state index contributed by atoms with van der Waals surface area (Å²) in [6.07, 6.45) is 5.63. The van der Waals surface area contributed by atoms with E-state index >= 15 is 0 Å². The number of rotatable bonds is 2. The van der Waals surface area contributed by atoms with E-state index in [9.17, 15) is 0 Å². The van der Waals surface area contributed by atoms with Crippen LogP contribution in [0.25, 0.3) is 0 Å². The normalized spacial score (nSPS) is 35.8. The summed E-state index contributed by atoms with van der Waals surface area (Å²) >= 11 is 0. The molecule has 2 heteroatoms. The Kier molecular flexibility index (Phi) is 3.82. The predicted molar refractivity (Wildman–Crippen MR) is 60.4 cm³/mol. The molecule has 0 aromatic rings. The van der Waals surface area contributed by atoms with Gasteiger partial charge in [-0.25, -0.2) is 0 Å². The molecule has 1 saturated carbocycles. The highest BCUT2D eigenvalue weighted by atomic mass is 15.1. The number of hydrogen-bond acceptors (Lipinski definition) is 2. The summed E-state index contributed by atoms with van der Waals surface area (Å²) < 4.78 is 0. The molecule has 1 heterocycles. The third-order valence-corrected chi connectivity index (χ3v) is 3.64. The van der Waals surface area contributed by atoms with E-state index < -0.39 is 0 Å². The Morgan fingerprint density at radius 3 is 2.36 bits per heavy atom. The van der Waals surface area contributed by atoms with Gasteiger partial charge in [0.1, 0.15) is 0 Å². The molecule has 0 bridgehead atoms. The van der Waals surface area contributed by atoms with Crippen LogP contribution < -0.4 is 5.32 Å². The number of nitrogens with one attached hydrogen (secondary N) is 1. The standard InChI is InChI=1S/C12H24N2/c1-11-8-12(9-11)10-14-6-2-4-13-5-3-7-14/h11-13H,2-10H2,1H3. The van der Waals surface area contributed by atoms with Gasteiger partial charge in [-0.05, 0) is 63.7 Å². The van der Waals surface area contributed by atoms with E-state index in [1.165, 1.54) is 58.4 Å². The summed E-state index contributed by atoms with van der Waals surface area (Å²) in [5.41, 5.74) is 0. The molecule has 82 valence electrons. The minimum absolute atomic E-state index is 1.01. The van der Waals surface area contributed by atoms with E-state index in [0.29, 0.717) is 0 Å². The van der Waals surface area contributed by atoms with Crippen molar-refractivity contribution in [2.24, 2.45) is 11.8 Å². The molecule has 0 aromatic carbocycles. The maximum atomic E-state index is 3.47. The fourth-order valence-corrected chi connectivity index (χ4v) is 2.86. The summed E-state index contributed by atoms with van der Waals surface area (Å²) in [4.78, 5) is 2.69. The Morgan fingerprint density at radius 2 is 1.79 bits per heavy atom. The van der Waals surface area contributed by atoms with Gasteiger partial charge in [0.2, 0.25) is 0 Å². The minimum atomic E-state index is 1.01. The molecular weight excluding hydrogens is 172 g/mol. The maximum Gasteiger partial charge on any atom is 0.000987 e. The average molecular weight is 196 g/mol. The molecule has 2 fully saturated rings. The van der Waals surface area contributed by atoms with Crippen LogP contribution >= 0.6 is 0 Å². The predicted octanol–water partition coefficient (Wildman–Crippen LogP) is 1.72. The Hall–Kier alpha value is -0.0800. The maximum absolute atomic E-state index is 3.47. The highest BCUT2D eigenvalue weighted by Crippen LogP contribution is 2.33. The first kappa shape index (κ1) is 10.4. The lowest BCUT2D eigenvalue weighted by atomic mass is 9.76. The molecule has 2 nitrogen and oxygen atoms in total. The summed E-state index contributed by atoms with van der Waals surface area (Å²) in [6, 6.07) is 0. The lowest BCUT2D eigenvalue weighted by Crippen LogP contribution is -2.39. The smallest absolute Gasteiger partial charge is 0.000987 e. The Bertz CT molecular complexity index is 156. The second-order valence-electron chi connectivity index (χ2n) is 5.20. The lowest BCUT2D eigenvalue weighted by Gasteiger charge is -2.37. The van der Waals surface area contributed by atoms with Crippen molar-refractivity contribution in [1.82, 2.24) is 10.2 Å². The average Bonchev–Trinajstić information content (AvgIpc) is 2.06. The molecule has 1 aliphatic carbocycles. The van der Waals surface area contributed by atoms with Crippen LogP contribution in [0.3, 0.4) is 0 Å². The molecule has 0 atom stereocenters. The van der Waals surface area contributed by atoms with Crippen LogP contribution in [0.15, 0.2) is 0 Å². The summed E-state index contributed by atoms with van der Waals surface area (Å²) in [6.45, 7) is 8.84. The van der Waals surface area contributed by atoms with Crippen LogP contribution in [0.1, 0.15) is 32.6 Å². The van der Waals surface area contributed by atoms with Crippen molar-refractivity contribution in [3.8, 4) is 0 Å². The summed E-state index contributed by atoms with van der Waals surface area (Å²) in [7, 11) is 0. The Morgan fingerprint density at radius 1 is 1.14 bits per heavy atom. The molecular formula is C12H24N2. The fourth-order valence-electron chi connectivity index (χ4n) is 2.86. The van der Waals surface area contributed by atoms with Crippen LogP contribution in [0.5, 0.6) is 0 Å². The van der Waals surface area contributed by atoms with Crippen LogP contribution in [0, 0.1) is 11.8 Å². The van der Waals surface area contributed by atoms with Crippen molar-refractivity contribution in [1.29, 1.82) is 0 Å². The topological polar surface area (TPSA) is 15.3 Å². The first-order valence-electron chi connectivity index (χ1n) is 6.27. The molecule has 2 rings (SSSR count). The van der Waals surface area contributed by atoms with Crippen molar-refractivity contribution in [3.63, 3.8) is 0 Å². The largest absolute Gasteiger partial charge is 0.317 e.